The first-order valence-corrected chi connectivity index (χ1v) is 12.0. The summed E-state index contributed by atoms with van der Waals surface area (Å²) >= 11 is 0. The summed E-state index contributed by atoms with van der Waals surface area (Å²) in [4.78, 5) is 18.2. The predicted octanol–water partition coefficient (Wildman–Crippen LogP) is 5.99. The summed E-state index contributed by atoms with van der Waals surface area (Å²) in [5.74, 6) is 1.91. The highest BCUT2D eigenvalue weighted by atomic mass is 16.7. The summed E-state index contributed by atoms with van der Waals surface area (Å²) < 4.78 is 22.3. The van der Waals surface area contributed by atoms with Crippen LogP contribution < -0.4 is 14.2 Å². The van der Waals surface area contributed by atoms with E-state index in [0.717, 1.165) is 63.4 Å². The molecule has 0 saturated carbocycles. The number of hydrogen-bond donors (Lipinski definition) is 0. The third-order valence-corrected chi connectivity index (χ3v) is 6.49. The van der Waals surface area contributed by atoms with Crippen molar-refractivity contribution in [3.05, 3.63) is 94.7 Å². The molecule has 36 heavy (non-hydrogen) atoms. The molecule has 0 amide bonds. The number of fused-ring (bicyclic) bond motifs is 3. The standard InChI is InChI=1S/C30H25NO5/c1-19-6-10-22(11-7-19)33-14-15-34-30(32)28-23-4-2-3-5-25(23)31-29-21(9-12-24(28)29)16-20-8-13-26-27(17-20)36-18-35-26/h2-8,10-11,13,16-17H,9,12,14-15,18H2,1H3. The van der Waals surface area contributed by atoms with Crippen LogP contribution in [0.25, 0.3) is 22.6 Å². The second kappa shape index (κ2) is 9.38. The number of aryl methyl sites for hydroxylation is 1. The Kier molecular flexibility index (Phi) is 5.77. The number of carbonyl (C=O) groups excluding carboxylic acids is 1. The molecule has 2 heterocycles. The maximum Gasteiger partial charge on any atom is 0.339 e. The monoisotopic (exact) mass is 479 g/mol. The minimum absolute atomic E-state index is 0.165. The molecule has 0 spiro atoms. The molecule has 0 unspecified atom stereocenters. The quantitative estimate of drug-likeness (QED) is 0.250. The molecule has 4 aromatic rings. The van der Waals surface area contributed by atoms with Gasteiger partial charge in [-0.15, -0.1) is 0 Å². The van der Waals surface area contributed by atoms with Crippen LogP contribution in [-0.2, 0) is 11.2 Å². The summed E-state index contributed by atoms with van der Waals surface area (Å²) in [6.07, 6.45) is 3.64. The smallest absolute Gasteiger partial charge is 0.339 e. The van der Waals surface area contributed by atoms with Crippen molar-refractivity contribution in [1.82, 2.24) is 4.98 Å². The molecule has 0 fully saturated rings. The number of pyridine rings is 1. The first-order valence-electron chi connectivity index (χ1n) is 12.0. The van der Waals surface area contributed by atoms with Crippen molar-refractivity contribution in [2.45, 2.75) is 19.8 Å². The van der Waals surface area contributed by atoms with Gasteiger partial charge < -0.3 is 18.9 Å². The normalized spacial score (nSPS) is 14.8. The van der Waals surface area contributed by atoms with Crippen molar-refractivity contribution >= 4 is 28.5 Å². The van der Waals surface area contributed by atoms with Crippen LogP contribution in [0.3, 0.4) is 0 Å². The van der Waals surface area contributed by atoms with Gasteiger partial charge in [-0.05, 0) is 72.9 Å². The van der Waals surface area contributed by atoms with E-state index in [9.17, 15) is 4.79 Å². The molecule has 1 aliphatic heterocycles. The fraction of sp³-hybridized carbons (Fsp3) is 0.200. The molecular formula is C30H25NO5. The van der Waals surface area contributed by atoms with Crippen LogP contribution in [0.4, 0.5) is 0 Å². The zero-order valence-corrected chi connectivity index (χ0v) is 20.0. The van der Waals surface area contributed by atoms with E-state index in [4.69, 9.17) is 23.9 Å². The Morgan fingerprint density at radius 3 is 2.69 bits per heavy atom. The van der Waals surface area contributed by atoms with Gasteiger partial charge in [0.05, 0.1) is 16.8 Å². The number of carbonyl (C=O) groups is 1. The van der Waals surface area contributed by atoms with Gasteiger partial charge in [-0.1, -0.05) is 42.0 Å². The highest BCUT2D eigenvalue weighted by molar-refractivity contribution is 6.07. The number of hydrogen-bond acceptors (Lipinski definition) is 6. The summed E-state index contributed by atoms with van der Waals surface area (Å²) in [6, 6.07) is 21.4. The van der Waals surface area contributed by atoms with Gasteiger partial charge in [0.25, 0.3) is 0 Å². The van der Waals surface area contributed by atoms with Crippen LogP contribution in [0.5, 0.6) is 17.2 Å². The van der Waals surface area contributed by atoms with Crippen LogP contribution in [-0.4, -0.2) is 31.0 Å². The molecule has 0 saturated heterocycles. The summed E-state index contributed by atoms with van der Waals surface area (Å²) in [6.45, 7) is 2.72. The Bertz CT molecular complexity index is 1490. The zero-order valence-electron chi connectivity index (χ0n) is 20.0. The van der Waals surface area contributed by atoms with E-state index in [1.807, 2.05) is 73.7 Å². The lowest BCUT2D eigenvalue weighted by atomic mass is 10.0. The van der Waals surface area contributed by atoms with Crippen molar-refractivity contribution in [1.29, 1.82) is 0 Å². The molecule has 0 radical (unpaired) electrons. The molecule has 1 aromatic heterocycles. The van der Waals surface area contributed by atoms with Gasteiger partial charge in [0.1, 0.15) is 19.0 Å². The Morgan fingerprint density at radius 2 is 1.81 bits per heavy atom. The van der Waals surface area contributed by atoms with Crippen molar-refractivity contribution in [3.8, 4) is 17.2 Å². The topological polar surface area (TPSA) is 66.9 Å². The summed E-state index contributed by atoms with van der Waals surface area (Å²) in [5.41, 5.74) is 6.43. The average Bonchev–Trinajstić information content (AvgIpc) is 3.53. The maximum absolute atomic E-state index is 13.3. The number of aromatic nitrogens is 1. The predicted molar refractivity (Wildman–Crippen MR) is 137 cm³/mol. The lowest BCUT2D eigenvalue weighted by Gasteiger charge is -2.13. The largest absolute Gasteiger partial charge is 0.490 e. The van der Waals surface area contributed by atoms with Crippen molar-refractivity contribution in [2.24, 2.45) is 0 Å². The molecule has 1 aliphatic carbocycles. The van der Waals surface area contributed by atoms with Gasteiger partial charge in [-0.25, -0.2) is 9.78 Å². The molecule has 180 valence electrons. The van der Waals surface area contributed by atoms with Crippen LogP contribution in [0.15, 0.2) is 66.7 Å². The molecule has 6 heteroatoms. The highest BCUT2D eigenvalue weighted by Gasteiger charge is 2.27. The number of rotatable bonds is 6. The number of esters is 1. The fourth-order valence-corrected chi connectivity index (χ4v) is 4.72. The highest BCUT2D eigenvalue weighted by Crippen LogP contribution is 2.39. The van der Waals surface area contributed by atoms with E-state index in [-0.39, 0.29) is 26.0 Å². The first kappa shape index (κ1) is 22.2. The number of ether oxygens (including phenoxy) is 4. The number of allylic oxidation sites excluding steroid dienone is 1. The van der Waals surface area contributed by atoms with Gasteiger partial charge in [-0.3, -0.25) is 0 Å². The van der Waals surface area contributed by atoms with Gasteiger partial charge in [0, 0.05) is 5.39 Å². The number of nitrogens with zero attached hydrogens (tertiary/aromatic N) is 1. The maximum atomic E-state index is 13.3. The fourth-order valence-electron chi connectivity index (χ4n) is 4.72. The van der Waals surface area contributed by atoms with Crippen molar-refractivity contribution < 1.29 is 23.7 Å². The molecule has 6 nitrogen and oxygen atoms in total. The molecular weight excluding hydrogens is 454 g/mol. The lowest BCUT2D eigenvalue weighted by molar-refractivity contribution is 0.0451. The molecule has 3 aromatic carbocycles. The van der Waals surface area contributed by atoms with Gasteiger partial charge in [-0.2, -0.15) is 0 Å². The molecule has 0 atom stereocenters. The Morgan fingerprint density at radius 1 is 0.972 bits per heavy atom. The first-order chi connectivity index (χ1) is 17.7. The van der Waals surface area contributed by atoms with E-state index >= 15 is 0 Å². The van der Waals surface area contributed by atoms with Crippen molar-refractivity contribution in [3.63, 3.8) is 0 Å². The second-order valence-corrected chi connectivity index (χ2v) is 8.91. The SMILES string of the molecule is Cc1ccc(OCCOC(=O)c2c3c(nc4ccccc24)C(=Cc2ccc4c(c2)OCO4)CC3)cc1. The Hall–Kier alpha value is -4.32. The molecule has 6 rings (SSSR count). The van der Waals surface area contributed by atoms with E-state index in [0.29, 0.717) is 5.56 Å². The van der Waals surface area contributed by atoms with E-state index in [2.05, 4.69) is 6.08 Å². The van der Waals surface area contributed by atoms with E-state index < -0.39 is 0 Å². The van der Waals surface area contributed by atoms with Gasteiger partial charge in [0.2, 0.25) is 6.79 Å². The van der Waals surface area contributed by atoms with Crippen LogP contribution in [0.2, 0.25) is 0 Å². The minimum Gasteiger partial charge on any atom is -0.490 e. The Labute approximate surface area is 209 Å². The third-order valence-electron chi connectivity index (χ3n) is 6.49. The summed E-state index contributed by atoms with van der Waals surface area (Å²) in [7, 11) is 0. The average molecular weight is 480 g/mol. The van der Waals surface area contributed by atoms with Crippen LogP contribution in [0.1, 0.15) is 39.2 Å². The zero-order chi connectivity index (χ0) is 24.5. The van der Waals surface area contributed by atoms with Crippen LogP contribution in [0, 0.1) is 6.92 Å². The van der Waals surface area contributed by atoms with E-state index in [1.165, 1.54) is 5.56 Å². The van der Waals surface area contributed by atoms with Crippen molar-refractivity contribution in [2.75, 3.05) is 20.0 Å². The van der Waals surface area contributed by atoms with Gasteiger partial charge in [0.15, 0.2) is 11.5 Å². The third kappa shape index (κ3) is 4.26. The molecule has 2 aliphatic rings. The second-order valence-electron chi connectivity index (χ2n) is 8.91. The summed E-state index contributed by atoms with van der Waals surface area (Å²) in [5, 5.41) is 0.810. The lowest BCUT2D eigenvalue weighted by Crippen LogP contribution is -2.15. The van der Waals surface area contributed by atoms with Gasteiger partial charge >= 0.3 is 5.97 Å². The Balaban J connectivity index is 1.26. The van der Waals surface area contributed by atoms with Crippen LogP contribution >= 0.6 is 0 Å². The van der Waals surface area contributed by atoms with E-state index in [1.54, 1.807) is 0 Å². The minimum atomic E-state index is -0.346. The molecule has 0 N–H and O–H groups in total. The molecule has 0 bridgehead atoms. The number of benzene rings is 3. The number of para-hydroxylation sites is 1.